The fourth-order valence-corrected chi connectivity index (χ4v) is 8.11. The molecule has 10 rings (SSSR count). The van der Waals surface area contributed by atoms with E-state index in [1.807, 2.05) is 0 Å². The van der Waals surface area contributed by atoms with Crippen molar-refractivity contribution in [3.63, 3.8) is 0 Å². The van der Waals surface area contributed by atoms with Crippen LogP contribution in [-0.4, -0.2) is 14.5 Å². The minimum absolute atomic E-state index is 0.0723. The van der Waals surface area contributed by atoms with Gasteiger partial charge >= 0.3 is 0 Å². The second-order valence-corrected chi connectivity index (χ2v) is 12.2. The number of nitrogens with zero attached hydrogens (tertiary/aromatic N) is 3. The van der Waals surface area contributed by atoms with Crippen LogP contribution in [-0.2, 0) is 11.8 Å². The van der Waals surface area contributed by atoms with Crippen LogP contribution in [0.4, 0.5) is 0 Å². The van der Waals surface area contributed by atoms with Crippen molar-refractivity contribution in [3.8, 4) is 17.2 Å². The van der Waals surface area contributed by atoms with Crippen molar-refractivity contribution in [1.82, 2.24) is 14.5 Å². The Bertz CT molecular complexity index is 2370. The normalized spacial score (nSPS) is 17.7. The lowest BCUT2D eigenvalue weighted by Crippen LogP contribution is -2.21. The van der Waals surface area contributed by atoms with Crippen molar-refractivity contribution in [2.75, 3.05) is 0 Å². The lowest BCUT2D eigenvalue weighted by Gasteiger charge is -2.29. The maximum atomic E-state index is 5.31. The molecule has 3 aliphatic carbocycles. The molecular formula is C37H25N3. The van der Waals surface area contributed by atoms with Gasteiger partial charge in [-0.15, -0.1) is 0 Å². The van der Waals surface area contributed by atoms with E-state index in [2.05, 4.69) is 116 Å². The van der Waals surface area contributed by atoms with Gasteiger partial charge in [0, 0.05) is 33.1 Å². The molecule has 0 fully saturated rings. The van der Waals surface area contributed by atoms with E-state index in [0.29, 0.717) is 5.92 Å². The first-order valence-electron chi connectivity index (χ1n) is 14.2. The van der Waals surface area contributed by atoms with Gasteiger partial charge in [-0.3, -0.25) is 4.57 Å². The number of aromatic nitrogens is 3. The predicted molar refractivity (Wildman–Crippen MR) is 165 cm³/mol. The Kier molecular flexibility index (Phi) is 3.62. The van der Waals surface area contributed by atoms with Crippen LogP contribution >= 0.6 is 0 Å². The minimum atomic E-state index is 0.0723. The van der Waals surface area contributed by atoms with Crippen LogP contribution in [0.3, 0.4) is 0 Å². The summed E-state index contributed by atoms with van der Waals surface area (Å²) in [6.07, 6.45) is 8.13. The average Bonchev–Trinajstić information content (AvgIpc) is 3.46. The number of benzene rings is 5. The van der Waals surface area contributed by atoms with Gasteiger partial charge in [-0.1, -0.05) is 98.8 Å². The Labute approximate surface area is 231 Å². The molecule has 5 aromatic carbocycles. The molecule has 3 heteroatoms. The second kappa shape index (κ2) is 6.86. The van der Waals surface area contributed by atoms with Gasteiger partial charge in [-0.25, -0.2) is 9.97 Å². The Morgan fingerprint density at radius 2 is 1.62 bits per heavy atom. The minimum Gasteiger partial charge on any atom is -0.278 e. The zero-order chi connectivity index (χ0) is 26.3. The molecule has 3 aliphatic rings. The van der Waals surface area contributed by atoms with Gasteiger partial charge in [0.25, 0.3) is 0 Å². The van der Waals surface area contributed by atoms with Gasteiger partial charge in [0.15, 0.2) is 0 Å². The van der Waals surface area contributed by atoms with Crippen LogP contribution in [0.5, 0.6) is 0 Å². The Morgan fingerprint density at radius 1 is 0.775 bits per heavy atom. The molecule has 40 heavy (non-hydrogen) atoms. The van der Waals surface area contributed by atoms with Crippen molar-refractivity contribution < 1.29 is 0 Å². The maximum Gasteiger partial charge on any atom is 0.235 e. The number of hydrogen-bond donors (Lipinski definition) is 0. The molecule has 0 N–H and O–H groups in total. The van der Waals surface area contributed by atoms with E-state index in [1.54, 1.807) is 0 Å². The Hall–Kier alpha value is -4.76. The highest BCUT2D eigenvalue weighted by Gasteiger charge is 2.43. The van der Waals surface area contributed by atoms with Crippen LogP contribution in [0.2, 0.25) is 0 Å². The third-order valence-electron chi connectivity index (χ3n) is 9.89. The van der Waals surface area contributed by atoms with Gasteiger partial charge in [0.1, 0.15) is 0 Å². The molecule has 0 saturated carbocycles. The van der Waals surface area contributed by atoms with E-state index in [4.69, 9.17) is 9.97 Å². The predicted octanol–water partition coefficient (Wildman–Crippen LogP) is 8.00. The number of allylic oxidation sites excluding steroid dienone is 1. The first-order chi connectivity index (χ1) is 19.6. The zero-order valence-corrected chi connectivity index (χ0v) is 22.4. The molecular weight excluding hydrogens is 486 g/mol. The summed E-state index contributed by atoms with van der Waals surface area (Å²) < 4.78 is 2.34. The maximum absolute atomic E-state index is 5.31. The molecule has 0 spiro atoms. The van der Waals surface area contributed by atoms with Gasteiger partial charge in [-0.05, 0) is 57.0 Å². The molecule has 2 heterocycles. The standard InChI is InChI=1S/C37H25N3/c1-37(2)24-16-12-20-14-18-27-33-29(20)31(24)32-25(37)17-13-21-15-19-28(34(33)30(21)32)40(27)36-38-26-11-7-6-10-23(26)35(39-36)22-8-4-3-5-9-22/h3-14,16-19,24H,15H2,1-2H3. The molecule has 0 saturated heterocycles. The zero-order valence-electron chi connectivity index (χ0n) is 22.4. The second-order valence-electron chi connectivity index (χ2n) is 12.2. The van der Waals surface area contributed by atoms with Crippen molar-refractivity contribution >= 4 is 55.5 Å². The summed E-state index contributed by atoms with van der Waals surface area (Å²) in [6.45, 7) is 4.84. The molecule has 0 amide bonds. The average molecular weight is 512 g/mol. The van der Waals surface area contributed by atoms with Gasteiger partial charge in [0.05, 0.1) is 22.1 Å². The third-order valence-corrected chi connectivity index (χ3v) is 9.89. The fraction of sp³-hybridized carbons (Fsp3) is 0.135. The Morgan fingerprint density at radius 3 is 2.52 bits per heavy atom. The van der Waals surface area contributed by atoms with E-state index in [1.165, 1.54) is 60.1 Å². The van der Waals surface area contributed by atoms with Crippen molar-refractivity contribution in [2.24, 2.45) is 0 Å². The lowest BCUT2D eigenvalue weighted by molar-refractivity contribution is 0.494. The molecule has 2 aromatic heterocycles. The number of rotatable bonds is 2. The molecule has 3 nitrogen and oxygen atoms in total. The van der Waals surface area contributed by atoms with Crippen molar-refractivity contribution in [3.05, 3.63) is 113 Å². The summed E-state index contributed by atoms with van der Waals surface area (Å²) in [4.78, 5) is 10.5. The van der Waals surface area contributed by atoms with E-state index >= 15 is 0 Å². The van der Waals surface area contributed by atoms with Crippen LogP contribution < -0.4 is 5.35 Å². The van der Waals surface area contributed by atoms with E-state index < -0.39 is 0 Å². The summed E-state index contributed by atoms with van der Waals surface area (Å²) in [5.41, 5.74) is 10.1. The van der Waals surface area contributed by atoms with Gasteiger partial charge in [0.2, 0.25) is 5.95 Å². The van der Waals surface area contributed by atoms with Crippen LogP contribution in [0.25, 0.3) is 72.7 Å². The number of para-hydroxylation sites is 1. The first kappa shape index (κ1) is 21.1. The van der Waals surface area contributed by atoms with E-state index in [9.17, 15) is 0 Å². The number of fused-ring (bicyclic) bond motifs is 1. The molecule has 0 aliphatic heterocycles. The highest BCUT2D eigenvalue weighted by molar-refractivity contribution is 6.28. The molecule has 1 atom stereocenters. The molecule has 1 unspecified atom stereocenters. The molecule has 0 radical (unpaired) electrons. The summed E-state index contributed by atoms with van der Waals surface area (Å²) in [7, 11) is 0. The first-order valence-corrected chi connectivity index (χ1v) is 14.2. The van der Waals surface area contributed by atoms with Crippen LogP contribution in [0, 0.1) is 0 Å². The smallest absolute Gasteiger partial charge is 0.235 e. The summed E-state index contributed by atoms with van der Waals surface area (Å²) in [5, 5.41) is 9.42. The van der Waals surface area contributed by atoms with Gasteiger partial charge < -0.3 is 0 Å². The molecule has 188 valence electrons. The Balaban J connectivity index is 1.42. The highest BCUT2D eigenvalue weighted by Crippen LogP contribution is 2.58. The van der Waals surface area contributed by atoms with Crippen molar-refractivity contribution in [1.29, 1.82) is 0 Å². The summed E-state index contributed by atoms with van der Waals surface area (Å²) >= 11 is 0. The van der Waals surface area contributed by atoms with Gasteiger partial charge in [-0.2, -0.15) is 0 Å². The molecule has 7 aromatic rings. The summed E-state index contributed by atoms with van der Waals surface area (Å²) in [5.74, 6) is 1.13. The third kappa shape index (κ3) is 2.31. The topological polar surface area (TPSA) is 30.7 Å². The van der Waals surface area contributed by atoms with Crippen molar-refractivity contribution in [2.45, 2.75) is 31.6 Å². The quantitative estimate of drug-likeness (QED) is 0.220. The van der Waals surface area contributed by atoms with E-state index in [0.717, 1.165) is 34.5 Å². The highest BCUT2D eigenvalue weighted by atomic mass is 15.2. The monoisotopic (exact) mass is 511 g/mol. The number of hydrogen-bond acceptors (Lipinski definition) is 2. The summed E-state index contributed by atoms with van der Waals surface area (Å²) in [6, 6.07) is 28.3. The lowest BCUT2D eigenvalue weighted by atomic mass is 9.74. The fourth-order valence-electron chi connectivity index (χ4n) is 8.11. The van der Waals surface area contributed by atoms with Crippen LogP contribution in [0.1, 0.15) is 42.0 Å². The van der Waals surface area contributed by atoms with Crippen LogP contribution in [0.15, 0.2) is 84.9 Å². The SMILES string of the molecule is CC1(C)c2ccc3c4c2c2c5c(ccc6c5c4c(n6-c4nc(-c5ccccc5)c5ccccc5n4)=CC3)C=CC21. The van der Waals surface area contributed by atoms with E-state index in [-0.39, 0.29) is 5.41 Å². The molecule has 0 bridgehead atoms. The largest absolute Gasteiger partial charge is 0.278 e.